The van der Waals surface area contributed by atoms with Crippen molar-refractivity contribution >= 4 is 16.7 Å². The second-order valence-corrected chi connectivity index (χ2v) is 5.26. The highest BCUT2D eigenvalue weighted by Gasteiger charge is 2.13. The maximum absolute atomic E-state index is 12.3. The molecular weight excluding hydrogens is 250 g/mol. The van der Waals surface area contributed by atoms with E-state index in [1.165, 1.54) is 0 Å². The van der Waals surface area contributed by atoms with Gasteiger partial charge >= 0.3 is 5.69 Å². The number of anilines is 1. The Bertz CT molecular complexity index is 827. The predicted molar refractivity (Wildman–Crippen MR) is 82.4 cm³/mol. The van der Waals surface area contributed by atoms with Gasteiger partial charge in [0.05, 0.1) is 16.7 Å². The maximum Gasteiger partial charge on any atom is 0.331 e. The van der Waals surface area contributed by atoms with Crippen LogP contribution in [0.2, 0.25) is 0 Å². The molecule has 0 saturated heterocycles. The number of H-pyrrole nitrogens is 1. The number of nitrogens with one attached hydrogen (secondary N) is 1. The molecule has 0 aliphatic heterocycles. The average Bonchev–Trinajstić information content (AvgIpc) is 2.73. The zero-order valence-electron chi connectivity index (χ0n) is 11.6. The number of aromatic amines is 1. The number of para-hydroxylation sites is 1. The van der Waals surface area contributed by atoms with Crippen molar-refractivity contribution in [3.8, 4) is 5.69 Å². The molecule has 0 saturated carbocycles. The van der Waals surface area contributed by atoms with Crippen LogP contribution in [0.1, 0.15) is 25.3 Å². The van der Waals surface area contributed by atoms with E-state index in [1.807, 2.05) is 30.3 Å². The highest BCUT2D eigenvalue weighted by molar-refractivity contribution is 5.80. The lowest BCUT2D eigenvalue weighted by molar-refractivity contribution is 0.844. The van der Waals surface area contributed by atoms with Crippen LogP contribution in [-0.4, -0.2) is 9.55 Å². The number of imidazole rings is 1. The van der Waals surface area contributed by atoms with Crippen molar-refractivity contribution < 1.29 is 0 Å². The first-order valence-electron chi connectivity index (χ1n) is 6.67. The summed E-state index contributed by atoms with van der Waals surface area (Å²) >= 11 is 0. The molecule has 3 N–H and O–H groups in total. The van der Waals surface area contributed by atoms with Crippen LogP contribution in [0, 0.1) is 0 Å². The standard InChI is InChI=1S/C16H17N3O/c1-10(2)12-5-3-4-6-14(12)19-15-8-7-11(17)9-13(15)18-16(19)20/h3-10H,17H2,1-2H3,(H,18,20). The van der Waals surface area contributed by atoms with Gasteiger partial charge in [0, 0.05) is 5.69 Å². The molecule has 0 unspecified atom stereocenters. The first-order valence-corrected chi connectivity index (χ1v) is 6.67. The lowest BCUT2D eigenvalue weighted by atomic mass is 10.0. The summed E-state index contributed by atoms with van der Waals surface area (Å²) in [6.07, 6.45) is 0. The smallest absolute Gasteiger partial charge is 0.331 e. The van der Waals surface area contributed by atoms with Crippen molar-refractivity contribution in [2.24, 2.45) is 0 Å². The van der Waals surface area contributed by atoms with Gasteiger partial charge in [-0.05, 0) is 35.7 Å². The molecule has 1 heterocycles. The van der Waals surface area contributed by atoms with E-state index < -0.39 is 0 Å². The number of hydrogen-bond donors (Lipinski definition) is 2. The normalized spacial score (nSPS) is 11.3. The SMILES string of the molecule is CC(C)c1ccccc1-n1c(=O)[nH]c2cc(N)ccc21. The Labute approximate surface area is 116 Å². The number of nitrogens with two attached hydrogens (primary N) is 1. The fraction of sp³-hybridized carbons (Fsp3) is 0.188. The van der Waals surface area contributed by atoms with Crippen LogP contribution in [0.15, 0.2) is 47.3 Å². The van der Waals surface area contributed by atoms with Gasteiger partial charge in [-0.15, -0.1) is 0 Å². The minimum atomic E-state index is -0.140. The van der Waals surface area contributed by atoms with Crippen molar-refractivity contribution in [1.82, 2.24) is 9.55 Å². The van der Waals surface area contributed by atoms with E-state index in [1.54, 1.807) is 10.6 Å². The lowest BCUT2D eigenvalue weighted by Gasteiger charge is -2.13. The number of benzene rings is 2. The number of aromatic nitrogens is 2. The van der Waals surface area contributed by atoms with Crippen LogP contribution in [0.4, 0.5) is 5.69 Å². The Morgan fingerprint density at radius 1 is 1.15 bits per heavy atom. The van der Waals surface area contributed by atoms with Gasteiger partial charge in [-0.25, -0.2) is 4.79 Å². The minimum absolute atomic E-state index is 0.140. The molecule has 0 aliphatic carbocycles. The average molecular weight is 267 g/mol. The number of fused-ring (bicyclic) bond motifs is 1. The van der Waals surface area contributed by atoms with Crippen LogP contribution in [0.3, 0.4) is 0 Å². The lowest BCUT2D eigenvalue weighted by Crippen LogP contribution is -2.16. The maximum atomic E-state index is 12.3. The molecule has 0 spiro atoms. The van der Waals surface area contributed by atoms with Crippen molar-refractivity contribution in [3.63, 3.8) is 0 Å². The highest BCUT2D eigenvalue weighted by Crippen LogP contribution is 2.25. The van der Waals surface area contributed by atoms with E-state index >= 15 is 0 Å². The van der Waals surface area contributed by atoms with E-state index in [0.717, 1.165) is 22.3 Å². The molecule has 2 aromatic carbocycles. The summed E-state index contributed by atoms with van der Waals surface area (Å²) in [5, 5.41) is 0. The second kappa shape index (κ2) is 4.56. The van der Waals surface area contributed by atoms with E-state index in [4.69, 9.17) is 5.73 Å². The molecule has 0 aliphatic rings. The molecular formula is C16H17N3O. The van der Waals surface area contributed by atoms with Gasteiger partial charge in [0.2, 0.25) is 0 Å². The molecule has 102 valence electrons. The summed E-state index contributed by atoms with van der Waals surface area (Å²) in [6, 6.07) is 13.4. The first kappa shape index (κ1) is 12.5. The Hall–Kier alpha value is -2.49. The van der Waals surface area contributed by atoms with E-state index in [2.05, 4.69) is 24.9 Å². The quantitative estimate of drug-likeness (QED) is 0.701. The Kier molecular flexibility index (Phi) is 2.86. The van der Waals surface area contributed by atoms with Gasteiger partial charge in [-0.3, -0.25) is 4.57 Å². The summed E-state index contributed by atoms with van der Waals surface area (Å²) in [4.78, 5) is 15.2. The molecule has 4 nitrogen and oxygen atoms in total. The Morgan fingerprint density at radius 2 is 1.90 bits per heavy atom. The van der Waals surface area contributed by atoms with Crippen LogP contribution in [0.5, 0.6) is 0 Å². The zero-order chi connectivity index (χ0) is 14.3. The molecule has 0 atom stereocenters. The van der Waals surface area contributed by atoms with Crippen molar-refractivity contribution in [2.75, 3.05) is 5.73 Å². The number of hydrogen-bond acceptors (Lipinski definition) is 2. The topological polar surface area (TPSA) is 63.8 Å². The van der Waals surface area contributed by atoms with Crippen LogP contribution in [-0.2, 0) is 0 Å². The van der Waals surface area contributed by atoms with Crippen molar-refractivity contribution in [1.29, 1.82) is 0 Å². The van der Waals surface area contributed by atoms with Gasteiger partial charge in [-0.2, -0.15) is 0 Å². The third-order valence-electron chi connectivity index (χ3n) is 3.51. The number of rotatable bonds is 2. The van der Waals surface area contributed by atoms with E-state index in [9.17, 15) is 4.79 Å². The predicted octanol–water partition coefficient (Wildman–Crippen LogP) is 3.02. The fourth-order valence-corrected chi connectivity index (χ4v) is 2.55. The number of nitrogen functional groups attached to an aromatic ring is 1. The van der Waals surface area contributed by atoms with Crippen LogP contribution >= 0.6 is 0 Å². The molecule has 0 fully saturated rings. The Balaban J connectivity index is 2.36. The second-order valence-electron chi connectivity index (χ2n) is 5.26. The monoisotopic (exact) mass is 267 g/mol. The van der Waals surface area contributed by atoms with E-state index in [-0.39, 0.29) is 5.69 Å². The fourth-order valence-electron chi connectivity index (χ4n) is 2.55. The van der Waals surface area contributed by atoms with E-state index in [0.29, 0.717) is 11.6 Å². The summed E-state index contributed by atoms with van der Waals surface area (Å²) in [6.45, 7) is 4.24. The first-order chi connectivity index (χ1) is 9.58. The van der Waals surface area contributed by atoms with Gasteiger partial charge in [0.25, 0.3) is 0 Å². The van der Waals surface area contributed by atoms with Crippen LogP contribution in [0.25, 0.3) is 16.7 Å². The summed E-state index contributed by atoms with van der Waals surface area (Å²) < 4.78 is 1.71. The summed E-state index contributed by atoms with van der Waals surface area (Å²) in [5.41, 5.74) is 9.94. The van der Waals surface area contributed by atoms with Gasteiger partial charge in [0.15, 0.2) is 0 Å². The van der Waals surface area contributed by atoms with Gasteiger partial charge in [0.1, 0.15) is 0 Å². The minimum Gasteiger partial charge on any atom is -0.399 e. The molecule has 0 radical (unpaired) electrons. The van der Waals surface area contributed by atoms with Gasteiger partial charge in [-0.1, -0.05) is 32.0 Å². The molecule has 0 bridgehead atoms. The molecule has 20 heavy (non-hydrogen) atoms. The molecule has 1 aromatic heterocycles. The largest absolute Gasteiger partial charge is 0.399 e. The van der Waals surface area contributed by atoms with Crippen molar-refractivity contribution in [2.45, 2.75) is 19.8 Å². The van der Waals surface area contributed by atoms with Crippen molar-refractivity contribution in [3.05, 3.63) is 58.5 Å². The summed E-state index contributed by atoms with van der Waals surface area (Å²) in [5.74, 6) is 0.344. The molecule has 0 amide bonds. The van der Waals surface area contributed by atoms with Gasteiger partial charge < -0.3 is 10.7 Å². The Morgan fingerprint density at radius 3 is 2.65 bits per heavy atom. The molecule has 3 aromatic rings. The highest BCUT2D eigenvalue weighted by atomic mass is 16.1. The number of nitrogens with zero attached hydrogens (tertiary/aromatic N) is 1. The van der Waals surface area contributed by atoms with Crippen LogP contribution < -0.4 is 11.4 Å². The summed E-state index contributed by atoms with van der Waals surface area (Å²) in [7, 11) is 0. The molecule has 4 heteroatoms. The third-order valence-corrected chi connectivity index (χ3v) is 3.51. The zero-order valence-corrected chi connectivity index (χ0v) is 11.6. The molecule has 3 rings (SSSR count). The third kappa shape index (κ3) is 1.90.